The van der Waals surface area contributed by atoms with Gasteiger partial charge in [0.25, 0.3) is 5.91 Å². The fourth-order valence-corrected chi connectivity index (χ4v) is 2.42. The quantitative estimate of drug-likeness (QED) is 0.660. The molecule has 116 valence electrons. The lowest BCUT2D eigenvalue weighted by Crippen LogP contribution is -2.30. The number of pyridine rings is 1. The first-order chi connectivity index (χ1) is 9.72. The van der Waals surface area contributed by atoms with Crippen molar-refractivity contribution in [2.24, 2.45) is 17.7 Å². The summed E-state index contributed by atoms with van der Waals surface area (Å²) in [7, 11) is 1.86. The number of nitrogens with zero attached hydrogens (tertiary/aromatic N) is 2. The van der Waals surface area contributed by atoms with Gasteiger partial charge in [-0.3, -0.25) is 4.79 Å². The fourth-order valence-electron chi connectivity index (χ4n) is 2.42. The van der Waals surface area contributed by atoms with Crippen LogP contribution in [0.3, 0.4) is 0 Å². The Kier molecular flexibility index (Phi) is 4.23. The van der Waals surface area contributed by atoms with Crippen molar-refractivity contribution < 1.29 is 4.79 Å². The number of nitrogen functional groups attached to an aromatic ring is 1. The van der Waals surface area contributed by atoms with Crippen LogP contribution >= 0.6 is 0 Å². The first-order valence-corrected chi connectivity index (χ1v) is 7.47. The Bertz CT molecular complexity index is 536. The molecule has 0 radical (unpaired) electrons. The molecule has 1 fully saturated rings. The predicted molar refractivity (Wildman–Crippen MR) is 85.0 cm³/mol. The van der Waals surface area contributed by atoms with E-state index in [9.17, 15) is 4.79 Å². The highest BCUT2D eigenvalue weighted by Gasteiger charge is 2.34. The van der Waals surface area contributed by atoms with Gasteiger partial charge in [-0.05, 0) is 30.4 Å². The molecule has 0 bridgehead atoms. The summed E-state index contributed by atoms with van der Waals surface area (Å²) in [6, 6.07) is 3.58. The molecule has 1 aromatic heterocycles. The van der Waals surface area contributed by atoms with E-state index in [0.717, 1.165) is 18.2 Å². The van der Waals surface area contributed by atoms with Crippen LogP contribution in [-0.2, 0) is 5.41 Å². The van der Waals surface area contributed by atoms with Gasteiger partial charge in [0.2, 0.25) is 0 Å². The molecule has 1 aliphatic rings. The summed E-state index contributed by atoms with van der Waals surface area (Å²) < 4.78 is 0. The Labute approximate surface area is 126 Å². The maximum Gasteiger partial charge on any atom is 0.253 e. The first-order valence-electron chi connectivity index (χ1n) is 7.47. The van der Waals surface area contributed by atoms with Crippen molar-refractivity contribution in [2.45, 2.75) is 39.5 Å². The van der Waals surface area contributed by atoms with Crippen LogP contribution in [0, 0.1) is 11.8 Å². The van der Waals surface area contributed by atoms with Crippen molar-refractivity contribution in [1.29, 1.82) is 0 Å². The SMILES string of the molecule is CC1CC1CN(C)C(=O)c1cc(NN)nc(C(C)(C)C)c1. The van der Waals surface area contributed by atoms with Crippen molar-refractivity contribution in [3.8, 4) is 0 Å². The molecule has 21 heavy (non-hydrogen) atoms. The van der Waals surface area contributed by atoms with Crippen LogP contribution in [0.2, 0.25) is 0 Å². The monoisotopic (exact) mass is 290 g/mol. The van der Waals surface area contributed by atoms with Gasteiger partial charge in [-0.2, -0.15) is 0 Å². The number of carbonyl (C=O) groups excluding carboxylic acids is 1. The van der Waals surface area contributed by atoms with E-state index in [1.54, 1.807) is 11.0 Å². The van der Waals surface area contributed by atoms with Crippen molar-refractivity contribution >= 4 is 11.7 Å². The molecule has 0 saturated heterocycles. The van der Waals surface area contributed by atoms with Gasteiger partial charge in [0.05, 0.1) is 0 Å². The summed E-state index contributed by atoms with van der Waals surface area (Å²) >= 11 is 0. The molecule has 0 aromatic carbocycles. The van der Waals surface area contributed by atoms with Gasteiger partial charge in [-0.15, -0.1) is 0 Å². The number of hydrogen-bond donors (Lipinski definition) is 2. The Balaban J connectivity index is 2.23. The molecule has 1 heterocycles. The molecule has 2 unspecified atom stereocenters. The zero-order valence-corrected chi connectivity index (χ0v) is 13.6. The Morgan fingerprint density at radius 3 is 2.57 bits per heavy atom. The number of hydrogen-bond acceptors (Lipinski definition) is 4. The second kappa shape index (κ2) is 5.64. The summed E-state index contributed by atoms with van der Waals surface area (Å²) in [6.45, 7) is 9.25. The number of anilines is 1. The van der Waals surface area contributed by atoms with E-state index >= 15 is 0 Å². The van der Waals surface area contributed by atoms with E-state index in [2.05, 4.69) is 38.1 Å². The summed E-state index contributed by atoms with van der Waals surface area (Å²) in [4.78, 5) is 18.8. The molecular weight excluding hydrogens is 264 g/mol. The van der Waals surface area contributed by atoms with Crippen molar-refractivity contribution in [1.82, 2.24) is 9.88 Å². The number of hydrazine groups is 1. The number of amides is 1. The minimum Gasteiger partial charge on any atom is -0.341 e. The molecule has 1 amide bonds. The van der Waals surface area contributed by atoms with Crippen LogP contribution in [0.15, 0.2) is 12.1 Å². The highest BCUT2D eigenvalue weighted by molar-refractivity contribution is 5.95. The minimum atomic E-state index is -0.133. The third-order valence-corrected chi connectivity index (χ3v) is 4.12. The van der Waals surface area contributed by atoms with E-state index < -0.39 is 0 Å². The Morgan fingerprint density at radius 1 is 1.48 bits per heavy atom. The zero-order valence-electron chi connectivity index (χ0n) is 13.6. The lowest BCUT2D eigenvalue weighted by Gasteiger charge is -2.22. The van der Waals surface area contributed by atoms with Gasteiger partial charge in [0.1, 0.15) is 5.82 Å². The number of nitrogens with two attached hydrogens (primary N) is 1. The predicted octanol–water partition coefficient (Wildman–Crippen LogP) is 2.39. The van der Waals surface area contributed by atoms with Crippen LogP contribution in [-0.4, -0.2) is 29.4 Å². The molecule has 2 atom stereocenters. The van der Waals surface area contributed by atoms with Gasteiger partial charge in [-0.25, -0.2) is 10.8 Å². The van der Waals surface area contributed by atoms with E-state index in [1.807, 2.05) is 13.1 Å². The third kappa shape index (κ3) is 3.73. The molecular formula is C16H26N4O. The molecule has 1 aliphatic carbocycles. The topological polar surface area (TPSA) is 71.2 Å². The van der Waals surface area contributed by atoms with Crippen molar-refractivity contribution in [2.75, 3.05) is 19.0 Å². The van der Waals surface area contributed by atoms with E-state index in [1.165, 1.54) is 6.42 Å². The minimum absolute atomic E-state index is 0.0264. The van der Waals surface area contributed by atoms with Crippen LogP contribution in [0.25, 0.3) is 0 Å². The average Bonchev–Trinajstić information content (AvgIpc) is 3.11. The standard InChI is InChI=1S/C16H26N4O/c1-10-6-12(10)9-20(5)15(21)11-7-13(16(2,3)4)18-14(8-11)19-17/h7-8,10,12H,6,9,17H2,1-5H3,(H,18,19). The average molecular weight is 290 g/mol. The highest BCUT2D eigenvalue weighted by Crippen LogP contribution is 2.38. The first kappa shape index (κ1) is 15.8. The molecule has 1 aromatic rings. The van der Waals surface area contributed by atoms with E-state index in [0.29, 0.717) is 17.3 Å². The largest absolute Gasteiger partial charge is 0.341 e. The Hall–Kier alpha value is -1.62. The smallest absolute Gasteiger partial charge is 0.253 e. The number of rotatable bonds is 4. The maximum absolute atomic E-state index is 12.6. The zero-order chi connectivity index (χ0) is 15.8. The summed E-state index contributed by atoms with van der Waals surface area (Å²) in [5.41, 5.74) is 3.91. The molecule has 3 N–H and O–H groups in total. The van der Waals surface area contributed by atoms with Crippen molar-refractivity contribution in [3.05, 3.63) is 23.4 Å². The normalized spacial score (nSPS) is 21.0. The molecule has 5 nitrogen and oxygen atoms in total. The number of aromatic nitrogens is 1. The maximum atomic E-state index is 12.6. The second-order valence-electron chi connectivity index (χ2n) is 7.18. The summed E-state index contributed by atoms with van der Waals surface area (Å²) in [5, 5.41) is 0. The van der Waals surface area contributed by atoms with Crippen LogP contribution < -0.4 is 11.3 Å². The van der Waals surface area contributed by atoms with Gasteiger partial charge >= 0.3 is 0 Å². The number of nitrogens with one attached hydrogen (secondary N) is 1. The molecule has 2 rings (SSSR count). The lowest BCUT2D eigenvalue weighted by molar-refractivity contribution is 0.0787. The summed E-state index contributed by atoms with van der Waals surface area (Å²) in [5.74, 6) is 7.42. The lowest BCUT2D eigenvalue weighted by atomic mass is 9.90. The Morgan fingerprint density at radius 2 is 2.10 bits per heavy atom. The summed E-state index contributed by atoms with van der Waals surface area (Å²) in [6.07, 6.45) is 1.22. The second-order valence-corrected chi connectivity index (χ2v) is 7.18. The van der Waals surface area contributed by atoms with Crippen LogP contribution in [0.5, 0.6) is 0 Å². The van der Waals surface area contributed by atoms with Gasteiger partial charge < -0.3 is 10.3 Å². The third-order valence-electron chi connectivity index (χ3n) is 4.12. The molecule has 5 heteroatoms. The number of carbonyl (C=O) groups is 1. The van der Waals surface area contributed by atoms with Gasteiger partial charge in [0.15, 0.2) is 0 Å². The van der Waals surface area contributed by atoms with Crippen LogP contribution in [0.1, 0.15) is 50.2 Å². The molecule has 0 aliphatic heterocycles. The van der Waals surface area contributed by atoms with E-state index in [4.69, 9.17) is 5.84 Å². The van der Waals surface area contributed by atoms with Crippen LogP contribution in [0.4, 0.5) is 5.82 Å². The van der Waals surface area contributed by atoms with E-state index in [-0.39, 0.29) is 11.3 Å². The van der Waals surface area contributed by atoms with Gasteiger partial charge in [-0.1, -0.05) is 27.7 Å². The van der Waals surface area contributed by atoms with Gasteiger partial charge in [0, 0.05) is 30.3 Å². The molecule has 1 saturated carbocycles. The highest BCUT2D eigenvalue weighted by atomic mass is 16.2. The molecule has 0 spiro atoms. The van der Waals surface area contributed by atoms with Crippen molar-refractivity contribution in [3.63, 3.8) is 0 Å². The fraction of sp³-hybridized carbons (Fsp3) is 0.625.